The molecule has 1 aliphatic rings. The normalized spacial score (nSPS) is 27.6. The Morgan fingerprint density at radius 1 is 1.35 bits per heavy atom. The van der Waals surface area contributed by atoms with Crippen LogP contribution in [0.25, 0.3) is 0 Å². The van der Waals surface area contributed by atoms with Gasteiger partial charge in [-0.25, -0.2) is 13.1 Å². The predicted octanol–water partition coefficient (Wildman–Crippen LogP) is 2.39. The van der Waals surface area contributed by atoms with Crippen molar-refractivity contribution in [3.63, 3.8) is 0 Å². The van der Waals surface area contributed by atoms with Crippen molar-refractivity contribution in [1.29, 1.82) is 0 Å². The molecule has 0 bridgehead atoms. The molecule has 1 heterocycles. The zero-order valence-corrected chi connectivity index (χ0v) is 13.6. The lowest BCUT2D eigenvalue weighted by Gasteiger charge is -2.34. The van der Waals surface area contributed by atoms with Gasteiger partial charge in [-0.1, -0.05) is 26.7 Å². The van der Waals surface area contributed by atoms with Gasteiger partial charge < -0.3 is 5.11 Å². The molecule has 4 nitrogen and oxygen atoms in total. The number of thiophene rings is 1. The minimum absolute atomic E-state index is 0.0344. The van der Waals surface area contributed by atoms with Crippen molar-refractivity contribution < 1.29 is 13.5 Å². The SMILES string of the molecule is CC1CCCC(NS(=O)(=O)c2ccc(CCO)s2)C1C. The Morgan fingerprint density at radius 2 is 2.10 bits per heavy atom. The first-order valence-electron chi connectivity index (χ1n) is 7.16. The van der Waals surface area contributed by atoms with Gasteiger partial charge in [-0.3, -0.25) is 0 Å². The van der Waals surface area contributed by atoms with Crippen LogP contribution in [-0.2, 0) is 16.4 Å². The Labute approximate surface area is 125 Å². The quantitative estimate of drug-likeness (QED) is 0.876. The van der Waals surface area contributed by atoms with E-state index in [0.29, 0.717) is 22.5 Å². The highest BCUT2D eigenvalue weighted by Crippen LogP contribution is 2.31. The van der Waals surface area contributed by atoms with E-state index in [9.17, 15) is 8.42 Å². The van der Waals surface area contributed by atoms with Crippen LogP contribution in [-0.4, -0.2) is 26.2 Å². The molecule has 6 heteroatoms. The number of aliphatic hydroxyl groups excluding tert-OH is 1. The van der Waals surface area contributed by atoms with Gasteiger partial charge in [0.25, 0.3) is 0 Å². The number of hydrogen-bond acceptors (Lipinski definition) is 4. The summed E-state index contributed by atoms with van der Waals surface area (Å²) < 4.78 is 28.0. The third-order valence-electron chi connectivity index (χ3n) is 4.27. The molecule has 0 aliphatic heterocycles. The Morgan fingerprint density at radius 3 is 2.80 bits per heavy atom. The highest BCUT2D eigenvalue weighted by atomic mass is 32.2. The van der Waals surface area contributed by atoms with Crippen LogP contribution in [0, 0.1) is 11.8 Å². The number of nitrogens with one attached hydrogen (secondary N) is 1. The van der Waals surface area contributed by atoms with E-state index in [-0.39, 0.29) is 12.6 Å². The second-order valence-corrected chi connectivity index (χ2v) is 8.80. The van der Waals surface area contributed by atoms with Crippen LogP contribution in [0.3, 0.4) is 0 Å². The Bertz CT molecular complexity index is 538. The topological polar surface area (TPSA) is 66.4 Å². The van der Waals surface area contributed by atoms with Gasteiger partial charge in [0, 0.05) is 23.9 Å². The largest absolute Gasteiger partial charge is 0.396 e. The maximum absolute atomic E-state index is 12.4. The molecule has 1 aliphatic carbocycles. The molecule has 3 atom stereocenters. The molecule has 0 saturated heterocycles. The third kappa shape index (κ3) is 3.61. The van der Waals surface area contributed by atoms with Gasteiger partial charge in [-0.2, -0.15) is 0 Å². The van der Waals surface area contributed by atoms with E-state index < -0.39 is 10.0 Å². The molecule has 2 N–H and O–H groups in total. The van der Waals surface area contributed by atoms with E-state index in [1.54, 1.807) is 12.1 Å². The lowest BCUT2D eigenvalue weighted by molar-refractivity contribution is 0.227. The monoisotopic (exact) mass is 317 g/mol. The second-order valence-electron chi connectivity index (χ2n) is 5.69. The van der Waals surface area contributed by atoms with Crippen molar-refractivity contribution in [2.24, 2.45) is 11.8 Å². The van der Waals surface area contributed by atoms with Crippen LogP contribution in [0.4, 0.5) is 0 Å². The fourth-order valence-corrected chi connectivity index (χ4v) is 5.48. The molecule has 1 fully saturated rings. The van der Waals surface area contributed by atoms with Crippen molar-refractivity contribution in [2.75, 3.05) is 6.61 Å². The van der Waals surface area contributed by atoms with Gasteiger partial charge >= 0.3 is 0 Å². The molecule has 1 saturated carbocycles. The smallest absolute Gasteiger partial charge is 0.250 e. The summed E-state index contributed by atoms with van der Waals surface area (Å²) >= 11 is 1.24. The fourth-order valence-electron chi connectivity index (χ4n) is 2.75. The molecule has 3 unspecified atom stereocenters. The minimum atomic E-state index is -3.43. The minimum Gasteiger partial charge on any atom is -0.396 e. The summed E-state index contributed by atoms with van der Waals surface area (Å²) in [7, 11) is -3.43. The van der Waals surface area contributed by atoms with Gasteiger partial charge in [0.1, 0.15) is 4.21 Å². The van der Waals surface area contributed by atoms with Gasteiger partial charge in [0.15, 0.2) is 0 Å². The van der Waals surface area contributed by atoms with Crippen LogP contribution in [0.5, 0.6) is 0 Å². The first-order chi connectivity index (χ1) is 9.44. The summed E-state index contributed by atoms with van der Waals surface area (Å²) in [6, 6.07) is 3.45. The van der Waals surface area contributed by atoms with E-state index in [1.165, 1.54) is 17.8 Å². The maximum Gasteiger partial charge on any atom is 0.250 e. The van der Waals surface area contributed by atoms with Gasteiger partial charge in [-0.05, 0) is 30.4 Å². The summed E-state index contributed by atoms with van der Waals surface area (Å²) in [5.74, 6) is 0.931. The van der Waals surface area contributed by atoms with Crippen LogP contribution in [0.1, 0.15) is 38.0 Å². The van der Waals surface area contributed by atoms with Crippen molar-refractivity contribution in [3.8, 4) is 0 Å². The Kier molecular flexibility index (Phi) is 5.23. The summed E-state index contributed by atoms with van der Waals surface area (Å²) in [6.45, 7) is 4.36. The highest BCUT2D eigenvalue weighted by molar-refractivity contribution is 7.91. The zero-order chi connectivity index (χ0) is 14.8. The summed E-state index contributed by atoms with van der Waals surface area (Å²) in [5, 5.41) is 8.90. The van der Waals surface area contributed by atoms with E-state index in [4.69, 9.17) is 5.11 Å². The van der Waals surface area contributed by atoms with Crippen molar-refractivity contribution in [3.05, 3.63) is 17.0 Å². The number of rotatable bonds is 5. The number of aliphatic hydroxyl groups is 1. The van der Waals surface area contributed by atoms with Crippen LogP contribution in [0.15, 0.2) is 16.3 Å². The maximum atomic E-state index is 12.4. The van der Waals surface area contributed by atoms with E-state index in [0.717, 1.165) is 17.7 Å². The number of hydrogen-bond donors (Lipinski definition) is 2. The molecule has 2 rings (SSSR count). The first-order valence-corrected chi connectivity index (χ1v) is 9.46. The Hall–Kier alpha value is -0.430. The fraction of sp³-hybridized carbons (Fsp3) is 0.714. The lowest BCUT2D eigenvalue weighted by atomic mass is 9.78. The molecule has 0 aromatic carbocycles. The molecule has 114 valence electrons. The molecule has 0 radical (unpaired) electrons. The van der Waals surface area contributed by atoms with Crippen LogP contribution < -0.4 is 4.72 Å². The van der Waals surface area contributed by atoms with Gasteiger partial charge in [0.05, 0.1) is 0 Å². The lowest BCUT2D eigenvalue weighted by Crippen LogP contribution is -2.43. The van der Waals surface area contributed by atoms with Gasteiger partial charge in [0.2, 0.25) is 10.0 Å². The van der Waals surface area contributed by atoms with Crippen molar-refractivity contribution in [1.82, 2.24) is 4.72 Å². The molecule has 0 amide bonds. The highest BCUT2D eigenvalue weighted by Gasteiger charge is 2.31. The summed E-state index contributed by atoms with van der Waals surface area (Å²) in [5.41, 5.74) is 0. The molecule has 0 spiro atoms. The van der Waals surface area contributed by atoms with E-state index in [2.05, 4.69) is 18.6 Å². The zero-order valence-electron chi connectivity index (χ0n) is 12.0. The first kappa shape index (κ1) is 15.9. The van der Waals surface area contributed by atoms with Crippen LogP contribution >= 0.6 is 11.3 Å². The second kappa shape index (κ2) is 6.56. The summed E-state index contributed by atoms with van der Waals surface area (Å²) in [4.78, 5) is 0.901. The van der Waals surface area contributed by atoms with Crippen LogP contribution in [0.2, 0.25) is 0 Å². The molecule has 1 aromatic heterocycles. The van der Waals surface area contributed by atoms with E-state index in [1.807, 2.05) is 0 Å². The Balaban J connectivity index is 2.09. The van der Waals surface area contributed by atoms with Gasteiger partial charge in [-0.15, -0.1) is 11.3 Å². The molecule has 20 heavy (non-hydrogen) atoms. The van der Waals surface area contributed by atoms with E-state index >= 15 is 0 Å². The van der Waals surface area contributed by atoms with Crippen molar-refractivity contribution in [2.45, 2.75) is 49.8 Å². The predicted molar refractivity (Wildman–Crippen MR) is 81.4 cm³/mol. The average molecular weight is 317 g/mol. The molecular weight excluding hydrogens is 294 g/mol. The summed E-state index contributed by atoms with van der Waals surface area (Å²) in [6.07, 6.45) is 3.69. The van der Waals surface area contributed by atoms with Crippen molar-refractivity contribution >= 4 is 21.4 Å². The molecular formula is C14H23NO3S2. The average Bonchev–Trinajstić information content (AvgIpc) is 2.85. The standard InChI is InChI=1S/C14H23NO3S2/c1-10-4-3-5-13(11(10)2)15-20(17,18)14-7-6-12(19-14)8-9-16/h6-7,10-11,13,15-16H,3-5,8-9H2,1-2H3. The molecule has 1 aromatic rings. The third-order valence-corrected chi connectivity index (χ3v) is 7.40. The number of sulfonamides is 1.